The van der Waals surface area contributed by atoms with E-state index >= 15 is 0 Å². The van der Waals surface area contributed by atoms with Crippen molar-refractivity contribution in [2.75, 3.05) is 26.9 Å². The Hall–Kier alpha value is -3.02. The Labute approximate surface area is 164 Å². The van der Waals surface area contributed by atoms with E-state index < -0.39 is 5.97 Å². The van der Waals surface area contributed by atoms with Crippen LogP contribution in [0.3, 0.4) is 0 Å². The van der Waals surface area contributed by atoms with Crippen molar-refractivity contribution in [1.82, 2.24) is 0 Å². The van der Waals surface area contributed by atoms with Crippen LogP contribution in [0.15, 0.2) is 30.3 Å². The fourth-order valence-corrected chi connectivity index (χ4v) is 3.09. The van der Waals surface area contributed by atoms with Gasteiger partial charge < -0.3 is 18.9 Å². The van der Waals surface area contributed by atoms with Crippen molar-refractivity contribution in [3.63, 3.8) is 0 Å². The summed E-state index contributed by atoms with van der Waals surface area (Å²) in [5.41, 5.74) is 2.86. The van der Waals surface area contributed by atoms with Gasteiger partial charge in [0.15, 0.2) is 18.1 Å². The van der Waals surface area contributed by atoms with Crippen molar-refractivity contribution < 1.29 is 28.5 Å². The number of rotatable bonds is 7. The predicted molar refractivity (Wildman–Crippen MR) is 104 cm³/mol. The molecule has 6 heteroatoms. The number of methoxy groups -OCH3 is 1. The summed E-state index contributed by atoms with van der Waals surface area (Å²) in [4.78, 5) is 25.1. The number of carbonyl (C=O) groups excluding carboxylic acids is 2. The smallest absolute Gasteiger partial charge is 0.338 e. The van der Waals surface area contributed by atoms with Crippen LogP contribution in [0.25, 0.3) is 0 Å². The maximum absolute atomic E-state index is 12.6. The van der Waals surface area contributed by atoms with E-state index in [1.807, 2.05) is 32.0 Å². The number of benzene rings is 2. The van der Waals surface area contributed by atoms with Crippen LogP contribution in [0.4, 0.5) is 0 Å². The van der Waals surface area contributed by atoms with Crippen LogP contribution < -0.4 is 14.2 Å². The van der Waals surface area contributed by atoms with Crippen LogP contribution in [0.5, 0.6) is 17.2 Å². The minimum Gasteiger partial charge on any atom is -0.493 e. The molecule has 0 aromatic heterocycles. The van der Waals surface area contributed by atoms with Crippen LogP contribution in [-0.4, -0.2) is 38.7 Å². The Morgan fingerprint density at radius 2 is 1.82 bits per heavy atom. The molecule has 0 aliphatic carbocycles. The zero-order valence-electron chi connectivity index (χ0n) is 16.4. The molecule has 1 aliphatic heterocycles. The molecule has 0 radical (unpaired) electrons. The Bertz CT molecular complexity index is 870. The molecule has 6 nitrogen and oxygen atoms in total. The van der Waals surface area contributed by atoms with Gasteiger partial charge in [-0.05, 0) is 42.2 Å². The van der Waals surface area contributed by atoms with E-state index in [-0.39, 0.29) is 18.0 Å². The number of ether oxygens (including phenoxy) is 4. The Balaban J connectivity index is 1.75. The van der Waals surface area contributed by atoms with Crippen molar-refractivity contribution in [1.29, 1.82) is 0 Å². The van der Waals surface area contributed by atoms with E-state index in [9.17, 15) is 9.59 Å². The molecule has 1 aliphatic rings. The van der Waals surface area contributed by atoms with Gasteiger partial charge in [0, 0.05) is 5.56 Å². The highest BCUT2D eigenvalue weighted by atomic mass is 16.6. The summed E-state index contributed by atoms with van der Waals surface area (Å²) in [5.74, 6) is 0.441. The molecular formula is C22H24O6. The molecule has 28 heavy (non-hydrogen) atoms. The normalized spacial score (nSPS) is 12.4. The van der Waals surface area contributed by atoms with Gasteiger partial charge in [0.2, 0.25) is 11.5 Å². The maximum Gasteiger partial charge on any atom is 0.338 e. The summed E-state index contributed by atoms with van der Waals surface area (Å²) in [7, 11) is 1.49. The second-order valence-corrected chi connectivity index (χ2v) is 6.40. The number of Topliss-reactive ketones (excluding diaryl/α,β-unsaturated/α-hetero) is 1. The molecule has 148 valence electrons. The van der Waals surface area contributed by atoms with Crippen LogP contribution in [-0.2, 0) is 17.6 Å². The Morgan fingerprint density at radius 1 is 1.04 bits per heavy atom. The first-order valence-corrected chi connectivity index (χ1v) is 9.37. The molecule has 0 amide bonds. The lowest BCUT2D eigenvalue weighted by Crippen LogP contribution is -2.18. The minimum absolute atomic E-state index is 0.218. The lowest BCUT2D eigenvalue weighted by molar-refractivity contribution is 0.0473. The fraction of sp³-hybridized carbons (Fsp3) is 0.364. The lowest BCUT2D eigenvalue weighted by atomic mass is 9.98. The van der Waals surface area contributed by atoms with Crippen molar-refractivity contribution in [2.24, 2.45) is 0 Å². The molecule has 3 rings (SSSR count). The average molecular weight is 384 g/mol. The first-order chi connectivity index (χ1) is 13.6. The number of carbonyl (C=O) groups is 2. The molecule has 0 fully saturated rings. The highest BCUT2D eigenvalue weighted by Crippen LogP contribution is 2.40. The molecule has 0 N–H and O–H groups in total. The lowest BCUT2D eigenvalue weighted by Gasteiger charge is -2.21. The largest absolute Gasteiger partial charge is 0.493 e. The SMILES string of the molecule is CCc1ccc(CC)c(C(=O)COC(=O)c2cc(OC)c3c(c2)OCCO3)c1. The zero-order chi connectivity index (χ0) is 20.1. The number of hydrogen-bond donors (Lipinski definition) is 0. The summed E-state index contributed by atoms with van der Waals surface area (Å²) >= 11 is 0. The van der Waals surface area contributed by atoms with Crippen LogP contribution in [0.1, 0.15) is 45.7 Å². The summed E-state index contributed by atoms with van der Waals surface area (Å²) < 4.78 is 21.6. The number of fused-ring (bicyclic) bond motifs is 1. The van der Waals surface area contributed by atoms with Gasteiger partial charge in [-0.15, -0.1) is 0 Å². The highest BCUT2D eigenvalue weighted by Gasteiger charge is 2.22. The van der Waals surface area contributed by atoms with Crippen molar-refractivity contribution in [3.8, 4) is 17.2 Å². The molecule has 0 bridgehead atoms. The number of aryl methyl sites for hydroxylation is 2. The fourth-order valence-electron chi connectivity index (χ4n) is 3.09. The summed E-state index contributed by atoms with van der Waals surface area (Å²) in [6, 6.07) is 8.92. The van der Waals surface area contributed by atoms with Gasteiger partial charge in [-0.2, -0.15) is 0 Å². The average Bonchev–Trinajstić information content (AvgIpc) is 2.75. The number of ketones is 1. The quantitative estimate of drug-likeness (QED) is 0.536. The van der Waals surface area contributed by atoms with Gasteiger partial charge in [0.25, 0.3) is 0 Å². The summed E-state index contributed by atoms with van der Waals surface area (Å²) in [6.07, 6.45) is 1.57. The van der Waals surface area contributed by atoms with E-state index in [1.165, 1.54) is 13.2 Å². The molecule has 1 heterocycles. The van der Waals surface area contributed by atoms with Gasteiger partial charge in [-0.1, -0.05) is 26.0 Å². The standard InChI is InChI=1S/C22H24O6/c1-4-14-6-7-15(5-2)17(10-14)18(23)13-28-22(24)16-11-19(25-3)21-20(12-16)26-8-9-27-21/h6-7,10-12H,4-5,8-9,13H2,1-3H3. The van der Waals surface area contributed by atoms with Gasteiger partial charge in [-0.3, -0.25) is 4.79 Å². The first-order valence-electron chi connectivity index (χ1n) is 9.37. The Morgan fingerprint density at radius 3 is 2.54 bits per heavy atom. The maximum atomic E-state index is 12.6. The monoisotopic (exact) mass is 384 g/mol. The molecule has 0 saturated heterocycles. The minimum atomic E-state index is -0.617. The van der Waals surface area contributed by atoms with E-state index in [1.54, 1.807) is 6.07 Å². The van der Waals surface area contributed by atoms with Crippen LogP contribution in [0.2, 0.25) is 0 Å². The molecule has 0 saturated carbocycles. The second kappa shape index (κ2) is 8.78. The van der Waals surface area contributed by atoms with Gasteiger partial charge in [0.1, 0.15) is 13.2 Å². The first kappa shape index (κ1) is 19.7. The summed E-state index contributed by atoms with van der Waals surface area (Å²) in [5, 5.41) is 0. The third-order valence-corrected chi connectivity index (χ3v) is 4.66. The topological polar surface area (TPSA) is 71.1 Å². The van der Waals surface area contributed by atoms with Crippen molar-refractivity contribution in [2.45, 2.75) is 26.7 Å². The van der Waals surface area contributed by atoms with Crippen LogP contribution in [0, 0.1) is 0 Å². The van der Waals surface area contributed by atoms with E-state index in [0.717, 1.165) is 24.0 Å². The third-order valence-electron chi connectivity index (χ3n) is 4.66. The van der Waals surface area contributed by atoms with Gasteiger partial charge >= 0.3 is 5.97 Å². The van der Waals surface area contributed by atoms with Crippen LogP contribution >= 0.6 is 0 Å². The third kappa shape index (κ3) is 4.11. The Kier molecular flexibility index (Phi) is 6.19. The van der Waals surface area contributed by atoms with Gasteiger partial charge in [-0.25, -0.2) is 4.79 Å². The number of esters is 1. The van der Waals surface area contributed by atoms with E-state index in [0.29, 0.717) is 36.0 Å². The van der Waals surface area contributed by atoms with Gasteiger partial charge in [0.05, 0.1) is 12.7 Å². The second-order valence-electron chi connectivity index (χ2n) is 6.40. The number of hydrogen-bond acceptors (Lipinski definition) is 6. The van der Waals surface area contributed by atoms with E-state index in [4.69, 9.17) is 18.9 Å². The highest BCUT2D eigenvalue weighted by molar-refractivity contribution is 6.00. The molecule has 2 aromatic rings. The van der Waals surface area contributed by atoms with Crippen molar-refractivity contribution >= 4 is 11.8 Å². The molecular weight excluding hydrogens is 360 g/mol. The molecule has 0 unspecified atom stereocenters. The molecule has 0 spiro atoms. The molecule has 2 aromatic carbocycles. The summed E-state index contributed by atoms with van der Waals surface area (Å²) in [6.45, 7) is 4.50. The van der Waals surface area contributed by atoms with E-state index in [2.05, 4.69) is 0 Å². The zero-order valence-corrected chi connectivity index (χ0v) is 16.4. The van der Waals surface area contributed by atoms with Crippen molar-refractivity contribution in [3.05, 3.63) is 52.6 Å². The predicted octanol–water partition coefficient (Wildman–Crippen LogP) is 3.63. The molecule has 0 atom stereocenters.